The quantitative estimate of drug-likeness (QED) is 0.440. The van der Waals surface area contributed by atoms with Crippen LogP contribution in [0.4, 0.5) is 0 Å². The van der Waals surface area contributed by atoms with Gasteiger partial charge < -0.3 is 9.15 Å². The zero-order chi connectivity index (χ0) is 18.5. The van der Waals surface area contributed by atoms with E-state index in [-0.39, 0.29) is 11.0 Å². The van der Waals surface area contributed by atoms with E-state index in [1.54, 1.807) is 0 Å². The van der Waals surface area contributed by atoms with E-state index in [1.807, 2.05) is 69.3 Å². The van der Waals surface area contributed by atoms with Gasteiger partial charge in [-0.05, 0) is 45.0 Å². The average Bonchev–Trinajstić information content (AvgIpc) is 3.11. The van der Waals surface area contributed by atoms with Gasteiger partial charge in [-0.25, -0.2) is 0 Å². The molecule has 0 N–H and O–H groups in total. The molecule has 134 valence electrons. The molecule has 0 aliphatic rings. The summed E-state index contributed by atoms with van der Waals surface area (Å²) < 4.78 is 11.1. The van der Waals surface area contributed by atoms with Crippen LogP contribution in [0, 0.1) is 6.92 Å². The third-order valence-electron chi connectivity index (χ3n) is 3.80. The number of rotatable bonds is 7. The molecular formula is C20H20N2O3S. The van der Waals surface area contributed by atoms with Gasteiger partial charge in [-0.1, -0.05) is 41.6 Å². The Morgan fingerprint density at radius 2 is 1.81 bits per heavy atom. The number of thioether (sulfide) groups is 1. The minimum absolute atomic E-state index is 0.0378. The van der Waals surface area contributed by atoms with E-state index in [0.29, 0.717) is 23.3 Å². The molecule has 3 aromatic rings. The number of hydrogen-bond donors (Lipinski definition) is 0. The van der Waals surface area contributed by atoms with Gasteiger partial charge in [-0.3, -0.25) is 4.79 Å². The largest absolute Gasteiger partial charge is 0.494 e. The maximum atomic E-state index is 12.5. The lowest BCUT2D eigenvalue weighted by Gasteiger charge is -2.07. The van der Waals surface area contributed by atoms with Gasteiger partial charge in [0.1, 0.15) is 5.75 Å². The van der Waals surface area contributed by atoms with Crippen LogP contribution in [-0.4, -0.2) is 27.8 Å². The molecule has 1 atom stereocenters. The molecule has 0 saturated carbocycles. The van der Waals surface area contributed by atoms with E-state index in [0.717, 1.165) is 16.9 Å². The number of hydrogen-bond acceptors (Lipinski definition) is 6. The van der Waals surface area contributed by atoms with E-state index in [1.165, 1.54) is 11.8 Å². The molecule has 2 aromatic carbocycles. The van der Waals surface area contributed by atoms with Gasteiger partial charge in [0.25, 0.3) is 5.22 Å². The molecule has 0 bridgehead atoms. The SMILES string of the molecule is CCOc1ccc(-c2nnc(S[C@@H](C)C(=O)c3ccc(C)cc3)o2)cc1. The molecule has 0 spiro atoms. The van der Waals surface area contributed by atoms with Gasteiger partial charge in [0.2, 0.25) is 5.89 Å². The monoisotopic (exact) mass is 368 g/mol. The molecule has 1 heterocycles. The van der Waals surface area contributed by atoms with Crippen molar-refractivity contribution in [1.82, 2.24) is 10.2 Å². The number of carbonyl (C=O) groups is 1. The average molecular weight is 368 g/mol. The van der Waals surface area contributed by atoms with Gasteiger partial charge in [-0.15, -0.1) is 10.2 Å². The van der Waals surface area contributed by atoms with Crippen LogP contribution < -0.4 is 4.74 Å². The summed E-state index contributed by atoms with van der Waals surface area (Å²) in [5.41, 5.74) is 2.62. The van der Waals surface area contributed by atoms with E-state index in [9.17, 15) is 4.79 Å². The topological polar surface area (TPSA) is 65.2 Å². The highest BCUT2D eigenvalue weighted by Crippen LogP contribution is 2.28. The van der Waals surface area contributed by atoms with Crippen molar-refractivity contribution in [1.29, 1.82) is 0 Å². The highest BCUT2D eigenvalue weighted by Gasteiger charge is 2.20. The van der Waals surface area contributed by atoms with E-state index < -0.39 is 0 Å². The van der Waals surface area contributed by atoms with Crippen molar-refractivity contribution < 1.29 is 13.9 Å². The lowest BCUT2D eigenvalue weighted by Crippen LogP contribution is -2.13. The van der Waals surface area contributed by atoms with E-state index >= 15 is 0 Å². The molecule has 3 rings (SSSR count). The first-order valence-electron chi connectivity index (χ1n) is 8.41. The summed E-state index contributed by atoms with van der Waals surface area (Å²) in [5.74, 6) is 1.25. The van der Waals surface area contributed by atoms with Gasteiger partial charge in [-0.2, -0.15) is 0 Å². The van der Waals surface area contributed by atoms with Crippen molar-refractivity contribution in [3.05, 3.63) is 59.7 Å². The Morgan fingerprint density at radius 1 is 1.12 bits per heavy atom. The first-order valence-corrected chi connectivity index (χ1v) is 9.29. The zero-order valence-corrected chi connectivity index (χ0v) is 15.7. The fourth-order valence-corrected chi connectivity index (χ4v) is 3.15. The van der Waals surface area contributed by atoms with Crippen LogP contribution in [0.15, 0.2) is 58.2 Å². The third kappa shape index (κ3) is 4.32. The van der Waals surface area contributed by atoms with Gasteiger partial charge >= 0.3 is 0 Å². The first-order chi connectivity index (χ1) is 12.6. The van der Waals surface area contributed by atoms with Crippen LogP contribution >= 0.6 is 11.8 Å². The van der Waals surface area contributed by atoms with Crippen molar-refractivity contribution in [3.8, 4) is 17.2 Å². The fourth-order valence-electron chi connectivity index (χ4n) is 2.39. The van der Waals surface area contributed by atoms with Crippen LogP contribution in [0.1, 0.15) is 29.8 Å². The molecule has 0 aliphatic carbocycles. The van der Waals surface area contributed by atoms with Gasteiger partial charge in [0.05, 0.1) is 11.9 Å². The number of aromatic nitrogens is 2. The second kappa shape index (κ2) is 8.19. The summed E-state index contributed by atoms with van der Waals surface area (Å²) in [7, 11) is 0. The molecule has 0 saturated heterocycles. The number of aryl methyl sites for hydroxylation is 1. The normalized spacial score (nSPS) is 12.0. The minimum Gasteiger partial charge on any atom is -0.494 e. The molecule has 0 radical (unpaired) electrons. The Morgan fingerprint density at radius 3 is 2.46 bits per heavy atom. The molecule has 1 aromatic heterocycles. The highest BCUT2D eigenvalue weighted by atomic mass is 32.2. The third-order valence-corrected chi connectivity index (χ3v) is 4.74. The Labute approximate surface area is 156 Å². The number of benzene rings is 2. The van der Waals surface area contributed by atoms with Crippen LogP contribution in [0.3, 0.4) is 0 Å². The number of nitrogens with zero attached hydrogens (tertiary/aromatic N) is 2. The van der Waals surface area contributed by atoms with Crippen molar-refractivity contribution in [2.24, 2.45) is 0 Å². The Bertz CT molecular complexity index is 873. The van der Waals surface area contributed by atoms with Crippen molar-refractivity contribution in [2.75, 3.05) is 6.61 Å². The molecule has 6 heteroatoms. The van der Waals surface area contributed by atoms with Crippen molar-refractivity contribution in [3.63, 3.8) is 0 Å². The fraction of sp³-hybridized carbons (Fsp3) is 0.250. The van der Waals surface area contributed by atoms with Gasteiger partial charge in [0, 0.05) is 11.1 Å². The molecule has 5 nitrogen and oxygen atoms in total. The maximum absolute atomic E-state index is 12.5. The van der Waals surface area contributed by atoms with Crippen LogP contribution in [0.25, 0.3) is 11.5 Å². The van der Waals surface area contributed by atoms with Crippen molar-refractivity contribution >= 4 is 17.5 Å². The lowest BCUT2D eigenvalue weighted by atomic mass is 10.1. The smallest absolute Gasteiger partial charge is 0.277 e. The maximum Gasteiger partial charge on any atom is 0.277 e. The molecule has 0 aliphatic heterocycles. The molecule has 26 heavy (non-hydrogen) atoms. The standard InChI is InChI=1S/C20H20N2O3S/c1-4-24-17-11-9-16(10-12-17)19-21-22-20(25-19)26-14(3)18(23)15-7-5-13(2)6-8-15/h5-12,14H,4H2,1-3H3/t14-/m0/s1. The second-order valence-corrected chi connectivity index (χ2v) is 7.11. The summed E-state index contributed by atoms with van der Waals surface area (Å²) in [6.07, 6.45) is 0. The number of ketones is 1. The lowest BCUT2D eigenvalue weighted by molar-refractivity contribution is 0.0993. The summed E-state index contributed by atoms with van der Waals surface area (Å²) in [6.45, 7) is 6.39. The van der Waals surface area contributed by atoms with Crippen LogP contribution in [-0.2, 0) is 0 Å². The van der Waals surface area contributed by atoms with Crippen molar-refractivity contribution in [2.45, 2.75) is 31.2 Å². The van der Waals surface area contributed by atoms with Crippen LogP contribution in [0.5, 0.6) is 5.75 Å². The van der Waals surface area contributed by atoms with Crippen LogP contribution in [0.2, 0.25) is 0 Å². The van der Waals surface area contributed by atoms with E-state index in [4.69, 9.17) is 9.15 Å². The number of carbonyl (C=O) groups excluding carboxylic acids is 1. The zero-order valence-electron chi connectivity index (χ0n) is 14.9. The van der Waals surface area contributed by atoms with E-state index in [2.05, 4.69) is 10.2 Å². The summed E-state index contributed by atoms with van der Waals surface area (Å²) in [4.78, 5) is 12.5. The first kappa shape index (κ1) is 18.2. The Kier molecular flexibility index (Phi) is 5.73. The molecule has 0 fully saturated rings. The number of Topliss-reactive ketones (excluding diaryl/α,β-unsaturated/α-hetero) is 1. The predicted molar refractivity (Wildman–Crippen MR) is 102 cm³/mol. The molecule has 0 amide bonds. The summed E-state index contributed by atoms with van der Waals surface area (Å²) in [5, 5.41) is 8.18. The Balaban J connectivity index is 1.67. The summed E-state index contributed by atoms with van der Waals surface area (Å²) >= 11 is 1.26. The minimum atomic E-state index is -0.314. The predicted octanol–water partition coefficient (Wildman–Crippen LogP) is 4.81. The highest BCUT2D eigenvalue weighted by molar-refractivity contribution is 8.00. The number of ether oxygens (including phenoxy) is 1. The Hall–Kier alpha value is -2.60. The molecular weight excluding hydrogens is 348 g/mol. The molecule has 0 unspecified atom stereocenters. The van der Waals surface area contributed by atoms with Gasteiger partial charge in [0.15, 0.2) is 5.78 Å². The second-order valence-electron chi connectivity index (χ2n) is 5.82. The summed E-state index contributed by atoms with van der Waals surface area (Å²) in [6, 6.07) is 15.0.